The molecule has 0 radical (unpaired) electrons. The molecule has 0 saturated carbocycles. The number of nitrogens with one attached hydrogen (secondary N) is 1. The Labute approximate surface area is 140 Å². The fraction of sp³-hybridized carbons (Fsp3) is 0.375. The molecule has 0 fully saturated rings. The van der Waals surface area contributed by atoms with Crippen LogP contribution in [0.15, 0.2) is 18.2 Å². The number of aromatic amines is 1. The number of aliphatic carboxylic acids is 1. The van der Waals surface area contributed by atoms with E-state index in [-0.39, 0.29) is 0 Å². The number of aromatic nitrogens is 2. The van der Waals surface area contributed by atoms with E-state index in [2.05, 4.69) is 10.2 Å². The molecule has 0 aliphatic carbocycles. The maximum atomic E-state index is 11.9. The summed E-state index contributed by atoms with van der Waals surface area (Å²) in [6, 6.07) is 4.18. The normalized spacial score (nSPS) is 12.4. The number of carbonyl (C=O) groups is 1. The number of nitrogens with zero attached hydrogens (tertiary/aromatic N) is 2. The highest BCUT2D eigenvalue weighted by Crippen LogP contribution is 2.35. The van der Waals surface area contributed by atoms with E-state index in [0.717, 1.165) is 17.0 Å². The first-order valence-electron chi connectivity index (χ1n) is 7.12. The molecule has 7 heteroatoms. The van der Waals surface area contributed by atoms with E-state index >= 15 is 0 Å². The number of H-pyrrole nitrogens is 1. The molecule has 2 aromatic rings. The third kappa shape index (κ3) is 3.48. The zero-order valence-corrected chi connectivity index (χ0v) is 14.3. The molecule has 0 aliphatic heterocycles. The number of carboxylic acid groups (broad SMARTS) is 1. The van der Waals surface area contributed by atoms with Gasteiger partial charge in [-0.2, -0.15) is 5.10 Å². The first kappa shape index (κ1) is 17.3. The predicted molar refractivity (Wildman–Crippen MR) is 87.9 cm³/mol. The fourth-order valence-electron chi connectivity index (χ4n) is 2.64. The molecule has 1 atom stereocenters. The van der Waals surface area contributed by atoms with Crippen molar-refractivity contribution in [3.8, 4) is 5.75 Å². The lowest BCUT2D eigenvalue weighted by atomic mass is 10.0. The largest absolute Gasteiger partial charge is 0.496 e. The van der Waals surface area contributed by atoms with Crippen LogP contribution in [-0.2, 0) is 11.3 Å². The summed E-state index contributed by atoms with van der Waals surface area (Å²) in [6.45, 7) is 4.23. The van der Waals surface area contributed by atoms with Gasteiger partial charge in [0.05, 0.1) is 12.8 Å². The van der Waals surface area contributed by atoms with Crippen LogP contribution in [0.4, 0.5) is 0 Å². The summed E-state index contributed by atoms with van der Waals surface area (Å²) in [5.41, 5.74) is 3.20. The van der Waals surface area contributed by atoms with Gasteiger partial charge in [-0.3, -0.25) is 14.8 Å². The molecule has 1 aromatic heterocycles. The van der Waals surface area contributed by atoms with E-state index < -0.39 is 12.0 Å². The highest BCUT2D eigenvalue weighted by atomic mass is 35.5. The maximum Gasteiger partial charge on any atom is 0.325 e. The van der Waals surface area contributed by atoms with Gasteiger partial charge in [0.15, 0.2) is 0 Å². The monoisotopic (exact) mass is 337 g/mol. The Kier molecular flexibility index (Phi) is 5.28. The second-order valence-electron chi connectivity index (χ2n) is 5.42. The zero-order chi connectivity index (χ0) is 17.1. The Balaban J connectivity index is 2.41. The summed E-state index contributed by atoms with van der Waals surface area (Å²) < 4.78 is 5.30. The summed E-state index contributed by atoms with van der Waals surface area (Å²) in [5.74, 6) is -0.532. The number of methoxy groups -OCH3 is 1. The van der Waals surface area contributed by atoms with Crippen molar-refractivity contribution >= 4 is 17.6 Å². The molecular formula is C16H20ClN3O3. The van der Waals surface area contributed by atoms with Gasteiger partial charge in [-0.05, 0) is 33.0 Å². The lowest BCUT2D eigenvalue weighted by Gasteiger charge is -2.27. The summed E-state index contributed by atoms with van der Waals surface area (Å²) in [7, 11) is 3.24. The van der Waals surface area contributed by atoms with Gasteiger partial charge in [-0.25, -0.2) is 0 Å². The maximum absolute atomic E-state index is 11.9. The van der Waals surface area contributed by atoms with Crippen LogP contribution in [0.3, 0.4) is 0 Å². The number of likely N-dealkylation sites (N-methyl/N-ethyl adjacent to an activating group) is 1. The topological polar surface area (TPSA) is 78.5 Å². The number of benzene rings is 1. The van der Waals surface area contributed by atoms with Gasteiger partial charge >= 0.3 is 5.97 Å². The van der Waals surface area contributed by atoms with Crippen molar-refractivity contribution in [1.29, 1.82) is 0 Å². The van der Waals surface area contributed by atoms with Crippen molar-refractivity contribution in [2.75, 3.05) is 14.2 Å². The minimum atomic E-state index is -0.988. The molecule has 23 heavy (non-hydrogen) atoms. The van der Waals surface area contributed by atoms with Gasteiger partial charge in [0.25, 0.3) is 0 Å². The molecule has 1 heterocycles. The molecule has 0 saturated heterocycles. The summed E-state index contributed by atoms with van der Waals surface area (Å²) in [5, 5.41) is 17.2. The van der Waals surface area contributed by atoms with Gasteiger partial charge in [0, 0.05) is 28.4 Å². The minimum Gasteiger partial charge on any atom is -0.496 e. The number of carboxylic acids is 1. The molecule has 0 aliphatic rings. The molecule has 0 amide bonds. The van der Waals surface area contributed by atoms with Crippen molar-refractivity contribution in [2.24, 2.45) is 0 Å². The summed E-state index contributed by atoms with van der Waals surface area (Å²) in [6.07, 6.45) is 0. The van der Waals surface area contributed by atoms with Crippen molar-refractivity contribution in [3.05, 3.63) is 45.7 Å². The molecule has 2 N–H and O–H groups in total. The number of halogens is 1. The van der Waals surface area contributed by atoms with Gasteiger partial charge in [0.2, 0.25) is 0 Å². The molecule has 2 rings (SSSR count). The Hall–Kier alpha value is -2.05. The first-order valence-corrected chi connectivity index (χ1v) is 7.50. The van der Waals surface area contributed by atoms with Crippen LogP contribution in [-0.4, -0.2) is 40.3 Å². The minimum absolute atomic E-state index is 0.365. The van der Waals surface area contributed by atoms with Crippen LogP contribution < -0.4 is 4.74 Å². The van der Waals surface area contributed by atoms with Crippen molar-refractivity contribution in [3.63, 3.8) is 0 Å². The van der Waals surface area contributed by atoms with Crippen LogP contribution in [0.2, 0.25) is 5.02 Å². The molecule has 1 aromatic carbocycles. The Morgan fingerprint density at radius 3 is 2.70 bits per heavy atom. The van der Waals surface area contributed by atoms with Crippen molar-refractivity contribution in [2.45, 2.75) is 26.4 Å². The number of ether oxygens (including phenoxy) is 1. The van der Waals surface area contributed by atoms with E-state index in [4.69, 9.17) is 16.3 Å². The predicted octanol–water partition coefficient (Wildman–Crippen LogP) is 2.95. The zero-order valence-electron chi connectivity index (χ0n) is 13.6. The highest BCUT2D eigenvalue weighted by molar-refractivity contribution is 6.31. The van der Waals surface area contributed by atoms with Crippen LogP contribution in [0.1, 0.15) is 28.6 Å². The van der Waals surface area contributed by atoms with E-state index in [1.807, 2.05) is 13.8 Å². The summed E-state index contributed by atoms with van der Waals surface area (Å²) in [4.78, 5) is 13.6. The van der Waals surface area contributed by atoms with E-state index in [0.29, 0.717) is 22.9 Å². The second kappa shape index (κ2) is 7.02. The highest BCUT2D eigenvalue weighted by Gasteiger charge is 2.30. The number of hydrogen-bond acceptors (Lipinski definition) is 4. The van der Waals surface area contributed by atoms with Gasteiger partial charge < -0.3 is 9.84 Å². The first-order chi connectivity index (χ1) is 10.9. The average molecular weight is 338 g/mol. The van der Waals surface area contributed by atoms with Gasteiger partial charge in [-0.1, -0.05) is 17.7 Å². The van der Waals surface area contributed by atoms with Crippen LogP contribution in [0.25, 0.3) is 0 Å². The van der Waals surface area contributed by atoms with Crippen LogP contribution >= 0.6 is 11.6 Å². The SMILES string of the molecule is COc1cccc(Cl)c1[C@H](C(=O)O)N(C)Cc1c(C)n[nH]c1C. The van der Waals surface area contributed by atoms with E-state index in [1.165, 1.54) is 7.11 Å². The lowest BCUT2D eigenvalue weighted by molar-refractivity contribution is -0.143. The molecule has 0 bridgehead atoms. The van der Waals surface area contributed by atoms with Crippen molar-refractivity contribution < 1.29 is 14.6 Å². The number of aryl methyl sites for hydroxylation is 2. The van der Waals surface area contributed by atoms with Crippen molar-refractivity contribution in [1.82, 2.24) is 15.1 Å². The van der Waals surface area contributed by atoms with Gasteiger partial charge in [0.1, 0.15) is 11.8 Å². The number of rotatable bonds is 6. The second-order valence-corrected chi connectivity index (χ2v) is 5.83. The van der Waals surface area contributed by atoms with E-state index in [1.54, 1.807) is 30.1 Å². The third-order valence-electron chi connectivity index (χ3n) is 3.87. The smallest absolute Gasteiger partial charge is 0.325 e. The number of hydrogen-bond donors (Lipinski definition) is 2. The average Bonchev–Trinajstić information content (AvgIpc) is 2.80. The van der Waals surface area contributed by atoms with Crippen LogP contribution in [0, 0.1) is 13.8 Å². The third-order valence-corrected chi connectivity index (χ3v) is 4.20. The molecule has 0 unspecified atom stereocenters. The Bertz CT molecular complexity index is 695. The van der Waals surface area contributed by atoms with Crippen LogP contribution in [0.5, 0.6) is 5.75 Å². The fourth-order valence-corrected chi connectivity index (χ4v) is 2.91. The Morgan fingerprint density at radius 1 is 1.48 bits per heavy atom. The van der Waals surface area contributed by atoms with E-state index in [9.17, 15) is 9.90 Å². The summed E-state index contributed by atoms with van der Waals surface area (Å²) >= 11 is 6.25. The van der Waals surface area contributed by atoms with Gasteiger partial charge in [-0.15, -0.1) is 0 Å². The standard InChI is InChI=1S/C16H20ClN3O3/c1-9-11(10(2)19-18-9)8-20(3)15(16(21)22)14-12(17)6-5-7-13(14)23-4/h5-7,15H,8H2,1-4H3,(H,18,19)(H,21,22)/t15-/m1/s1. The molecule has 6 nitrogen and oxygen atoms in total. The quantitative estimate of drug-likeness (QED) is 0.847. The lowest BCUT2D eigenvalue weighted by Crippen LogP contribution is -2.31. The molecule has 0 spiro atoms. The Morgan fingerprint density at radius 2 is 2.17 bits per heavy atom. The molecular weight excluding hydrogens is 318 g/mol. The molecule has 124 valence electrons.